The molecular weight excluding hydrogens is 358 g/mol. The highest BCUT2D eigenvalue weighted by Gasteiger charge is 2.22. The van der Waals surface area contributed by atoms with Gasteiger partial charge in [-0.1, -0.05) is 61.4 Å². The van der Waals surface area contributed by atoms with Crippen LogP contribution in [0.25, 0.3) is 10.8 Å². The number of rotatable bonds is 7. The molecule has 0 aromatic heterocycles. The first-order chi connectivity index (χ1) is 14.2. The summed E-state index contributed by atoms with van der Waals surface area (Å²) in [5, 5.41) is 5.59. The van der Waals surface area contributed by atoms with Crippen LogP contribution in [0.5, 0.6) is 5.75 Å². The summed E-state index contributed by atoms with van der Waals surface area (Å²) in [6, 6.07) is 21.4. The van der Waals surface area contributed by atoms with Gasteiger partial charge >= 0.3 is 0 Å². The summed E-state index contributed by atoms with van der Waals surface area (Å²) in [6.07, 6.45) is 6.18. The second kappa shape index (κ2) is 9.13. The third-order valence-corrected chi connectivity index (χ3v) is 5.98. The van der Waals surface area contributed by atoms with Crippen molar-refractivity contribution in [3.8, 4) is 5.75 Å². The van der Waals surface area contributed by atoms with E-state index in [0.29, 0.717) is 6.54 Å². The van der Waals surface area contributed by atoms with Gasteiger partial charge in [-0.15, -0.1) is 0 Å². The first-order valence-corrected chi connectivity index (χ1v) is 10.6. The summed E-state index contributed by atoms with van der Waals surface area (Å²) in [6.45, 7) is 0.677. The fourth-order valence-corrected chi connectivity index (χ4v) is 4.40. The lowest BCUT2D eigenvalue weighted by Gasteiger charge is -2.14. The molecule has 0 saturated heterocycles. The van der Waals surface area contributed by atoms with Crippen LogP contribution in [0.15, 0.2) is 60.7 Å². The van der Waals surface area contributed by atoms with Crippen molar-refractivity contribution in [3.63, 3.8) is 0 Å². The minimum atomic E-state index is 0.219. The lowest BCUT2D eigenvalue weighted by Crippen LogP contribution is -2.31. The van der Waals surface area contributed by atoms with Gasteiger partial charge in [0.15, 0.2) is 0 Å². The van der Waals surface area contributed by atoms with Gasteiger partial charge in [0.2, 0.25) is 5.91 Å². The molecule has 0 radical (unpaired) electrons. The first kappa shape index (κ1) is 19.5. The van der Waals surface area contributed by atoms with E-state index < -0.39 is 0 Å². The Bertz CT molecular complexity index is 975. The molecule has 3 aromatic rings. The van der Waals surface area contributed by atoms with Crippen LogP contribution in [-0.4, -0.2) is 19.6 Å². The van der Waals surface area contributed by atoms with E-state index in [-0.39, 0.29) is 11.8 Å². The number of hydrogen-bond acceptors (Lipinski definition) is 2. The number of carbonyl (C=O) groups is 1. The van der Waals surface area contributed by atoms with Crippen molar-refractivity contribution in [2.24, 2.45) is 5.92 Å². The Hall–Kier alpha value is -2.81. The number of ether oxygens (including phenoxy) is 1. The lowest BCUT2D eigenvalue weighted by atomic mass is 9.95. The Morgan fingerprint density at radius 2 is 1.79 bits per heavy atom. The normalized spacial score (nSPS) is 14.2. The number of hydrogen-bond donors (Lipinski definition) is 1. The highest BCUT2D eigenvalue weighted by atomic mass is 16.5. The van der Waals surface area contributed by atoms with E-state index in [1.165, 1.54) is 40.3 Å². The number of methoxy groups -OCH3 is 1. The van der Waals surface area contributed by atoms with E-state index in [1.54, 1.807) is 7.11 Å². The van der Waals surface area contributed by atoms with Gasteiger partial charge < -0.3 is 10.1 Å². The molecule has 29 heavy (non-hydrogen) atoms. The van der Waals surface area contributed by atoms with Crippen molar-refractivity contribution >= 4 is 16.7 Å². The Morgan fingerprint density at radius 3 is 2.55 bits per heavy atom. The maximum atomic E-state index is 12.4. The molecule has 0 unspecified atom stereocenters. The molecule has 4 rings (SSSR count). The van der Waals surface area contributed by atoms with E-state index in [1.807, 2.05) is 6.07 Å². The molecule has 3 heteroatoms. The van der Waals surface area contributed by atoms with E-state index >= 15 is 0 Å². The topological polar surface area (TPSA) is 38.3 Å². The minimum absolute atomic E-state index is 0.219. The van der Waals surface area contributed by atoms with Crippen LogP contribution in [-0.2, 0) is 17.6 Å². The molecule has 0 atom stereocenters. The molecule has 0 bridgehead atoms. The monoisotopic (exact) mass is 387 g/mol. The highest BCUT2D eigenvalue weighted by molar-refractivity contribution is 5.88. The van der Waals surface area contributed by atoms with Gasteiger partial charge in [0.05, 0.1) is 7.11 Å². The van der Waals surface area contributed by atoms with Gasteiger partial charge in [-0.25, -0.2) is 0 Å². The maximum absolute atomic E-state index is 12.4. The van der Waals surface area contributed by atoms with Gasteiger partial charge in [-0.3, -0.25) is 4.79 Å². The minimum Gasteiger partial charge on any atom is -0.497 e. The summed E-state index contributed by atoms with van der Waals surface area (Å²) in [5.74, 6) is 1.31. The van der Waals surface area contributed by atoms with Crippen molar-refractivity contribution in [2.75, 3.05) is 13.7 Å². The molecule has 1 amide bonds. The smallest absolute Gasteiger partial charge is 0.223 e. The molecule has 1 N–H and O–H groups in total. The van der Waals surface area contributed by atoms with Crippen molar-refractivity contribution in [1.82, 2.24) is 5.32 Å². The van der Waals surface area contributed by atoms with Crippen molar-refractivity contribution < 1.29 is 9.53 Å². The quantitative estimate of drug-likeness (QED) is 0.598. The molecule has 0 heterocycles. The largest absolute Gasteiger partial charge is 0.497 e. The zero-order valence-electron chi connectivity index (χ0n) is 17.1. The summed E-state index contributed by atoms with van der Waals surface area (Å²) in [5.41, 5.74) is 3.87. The summed E-state index contributed by atoms with van der Waals surface area (Å²) in [4.78, 5) is 12.4. The van der Waals surface area contributed by atoms with Crippen molar-refractivity contribution in [1.29, 1.82) is 0 Å². The number of fused-ring (bicyclic) bond motifs is 1. The number of nitrogens with one attached hydrogen (secondary N) is 1. The molecule has 0 aliphatic heterocycles. The van der Waals surface area contributed by atoms with E-state index in [9.17, 15) is 4.79 Å². The fraction of sp³-hybridized carbons (Fsp3) is 0.346. The Morgan fingerprint density at radius 1 is 1.00 bits per heavy atom. The number of amides is 1. The summed E-state index contributed by atoms with van der Waals surface area (Å²) in [7, 11) is 1.70. The zero-order valence-corrected chi connectivity index (χ0v) is 17.1. The average molecular weight is 388 g/mol. The van der Waals surface area contributed by atoms with Crippen LogP contribution in [0.4, 0.5) is 0 Å². The maximum Gasteiger partial charge on any atom is 0.223 e. The van der Waals surface area contributed by atoms with E-state index in [4.69, 9.17) is 4.74 Å². The predicted molar refractivity (Wildman–Crippen MR) is 118 cm³/mol. The first-order valence-electron chi connectivity index (χ1n) is 10.6. The van der Waals surface area contributed by atoms with Gasteiger partial charge in [-0.05, 0) is 65.3 Å². The SMILES string of the molecule is COc1ccc2cc(Cc3ccccc3)cc(CCNC(=O)C3CCCC3)c2c1. The molecule has 150 valence electrons. The fourth-order valence-electron chi connectivity index (χ4n) is 4.40. The zero-order chi connectivity index (χ0) is 20.1. The van der Waals surface area contributed by atoms with Crippen LogP contribution in [0.3, 0.4) is 0 Å². The number of benzene rings is 3. The van der Waals surface area contributed by atoms with Gasteiger partial charge in [0, 0.05) is 12.5 Å². The molecule has 3 aromatic carbocycles. The second-order valence-electron chi connectivity index (χ2n) is 8.03. The third-order valence-electron chi connectivity index (χ3n) is 5.98. The van der Waals surface area contributed by atoms with E-state index in [2.05, 4.69) is 59.9 Å². The number of carbonyl (C=O) groups excluding carboxylic acids is 1. The van der Waals surface area contributed by atoms with Crippen LogP contribution < -0.4 is 10.1 Å². The van der Waals surface area contributed by atoms with Crippen molar-refractivity contribution in [2.45, 2.75) is 38.5 Å². The van der Waals surface area contributed by atoms with Crippen LogP contribution in [0.2, 0.25) is 0 Å². The third kappa shape index (κ3) is 4.79. The molecule has 1 saturated carbocycles. The molecule has 1 aliphatic rings. The Labute approximate surface area is 173 Å². The average Bonchev–Trinajstić information content (AvgIpc) is 3.29. The second-order valence-corrected chi connectivity index (χ2v) is 8.03. The standard InChI is InChI=1S/C26H29NO2/c1-29-24-12-11-22-16-20(15-19-7-3-2-4-8-19)17-23(25(22)18-24)13-14-27-26(28)21-9-5-6-10-21/h2-4,7-8,11-12,16-18,21H,5-6,9-10,13-15H2,1H3,(H,27,28). The van der Waals surface area contributed by atoms with Crippen LogP contribution in [0, 0.1) is 5.92 Å². The summed E-state index contributed by atoms with van der Waals surface area (Å²) < 4.78 is 5.44. The van der Waals surface area contributed by atoms with Gasteiger partial charge in [0.1, 0.15) is 5.75 Å². The lowest BCUT2D eigenvalue weighted by molar-refractivity contribution is -0.124. The molecule has 1 aliphatic carbocycles. The Balaban J connectivity index is 1.56. The van der Waals surface area contributed by atoms with Gasteiger partial charge in [-0.2, -0.15) is 0 Å². The van der Waals surface area contributed by atoms with E-state index in [0.717, 1.165) is 31.4 Å². The predicted octanol–water partition coefficient (Wildman–Crippen LogP) is 5.29. The van der Waals surface area contributed by atoms with Crippen LogP contribution in [0.1, 0.15) is 42.4 Å². The van der Waals surface area contributed by atoms with Gasteiger partial charge in [0.25, 0.3) is 0 Å². The molecule has 3 nitrogen and oxygen atoms in total. The summed E-state index contributed by atoms with van der Waals surface area (Å²) >= 11 is 0. The highest BCUT2D eigenvalue weighted by Crippen LogP contribution is 2.28. The Kier molecular flexibility index (Phi) is 6.14. The molecular formula is C26H29NO2. The van der Waals surface area contributed by atoms with Crippen LogP contribution >= 0.6 is 0 Å². The molecule has 1 fully saturated rings. The van der Waals surface area contributed by atoms with Crippen molar-refractivity contribution in [3.05, 3.63) is 77.4 Å². The molecule has 0 spiro atoms.